The van der Waals surface area contributed by atoms with Crippen molar-refractivity contribution in [3.05, 3.63) is 30.1 Å². The summed E-state index contributed by atoms with van der Waals surface area (Å²) >= 11 is 0. The molecule has 0 aliphatic rings. The molecule has 0 unspecified atom stereocenters. The lowest BCUT2D eigenvalue weighted by Crippen LogP contribution is -2.04. The summed E-state index contributed by atoms with van der Waals surface area (Å²) in [6.45, 7) is 3.02. The van der Waals surface area contributed by atoms with Gasteiger partial charge in [0.15, 0.2) is 11.5 Å². The van der Waals surface area contributed by atoms with Crippen molar-refractivity contribution in [1.82, 2.24) is 9.55 Å². The second-order valence-corrected chi connectivity index (χ2v) is 4.13. The number of methoxy groups -OCH3 is 1. The van der Waals surface area contributed by atoms with E-state index in [2.05, 4.69) is 4.98 Å². The van der Waals surface area contributed by atoms with E-state index in [9.17, 15) is 0 Å². The van der Waals surface area contributed by atoms with E-state index in [1.807, 2.05) is 36.7 Å². The fourth-order valence-electron chi connectivity index (χ4n) is 1.98. The van der Waals surface area contributed by atoms with Crippen LogP contribution in [-0.2, 0) is 13.6 Å². The molecule has 0 atom stereocenters. The maximum atomic E-state index is 5.66. The van der Waals surface area contributed by atoms with Gasteiger partial charge in [-0.25, -0.2) is 4.98 Å². The first-order valence-corrected chi connectivity index (χ1v) is 6.23. The maximum absolute atomic E-state index is 5.66. The van der Waals surface area contributed by atoms with Crippen LogP contribution in [0.15, 0.2) is 24.4 Å². The van der Waals surface area contributed by atoms with E-state index in [0.717, 1.165) is 22.8 Å². The van der Waals surface area contributed by atoms with E-state index < -0.39 is 0 Å². The lowest BCUT2D eigenvalue weighted by molar-refractivity contribution is 0.311. The zero-order valence-electron chi connectivity index (χ0n) is 11.5. The number of imidazole rings is 1. The largest absolute Gasteiger partial charge is 0.493 e. The van der Waals surface area contributed by atoms with Gasteiger partial charge in [-0.2, -0.15) is 0 Å². The van der Waals surface area contributed by atoms with Crippen LogP contribution in [0.4, 0.5) is 0 Å². The Morgan fingerprint density at radius 1 is 1.32 bits per heavy atom. The molecule has 0 spiro atoms. The van der Waals surface area contributed by atoms with E-state index in [1.165, 1.54) is 0 Å². The highest BCUT2D eigenvalue weighted by Crippen LogP contribution is 2.32. The highest BCUT2D eigenvalue weighted by atomic mass is 16.5. The van der Waals surface area contributed by atoms with Gasteiger partial charge in [0, 0.05) is 19.2 Å². The quantitative estimate of drug-likeness (QED) is 0.893. The molecule has 5 heteroatoms. The summed E-state index contributed by atoms with van der Waals surface area (Å²) < 4.78 is 12.8. The number of nitrogens with two attached hydrogens (primary N) is 1. The Bertz CT molecular complexity index is 564. The minimum absolute atomic E-state index is 0.470. The van der Waals surface area contributed by atoms with Crippen molar-refractivity contribution >= 4 is 0 Å². The minimum Gasteiger partial charge on any atom is -0.493 e. The molecule has 0 fully saturated rings. The lowest BCUT2D eigenvalue weighted by atomic mass is 10.2. The first kappa shape index (κ1) is 13.4. The molecule has 102 valence electrons. The molecule has 0 amide bonds. The van der Waals surface area contributed by atoms with Crippen LogP contribution in [0.3, 0.4) is 0 Å². The zero-order valence-corrected chi connectivity index (χ0v) is 11.5. The molecule has 1 aromatic heterocycles. The fraction of sp³-hybridized carbons (Fsp3) is 0.357. The van der Waals surface area contributed by atoms with Crippen LogP contribution in [0.25, 0.3) is 11.4 Å². The summed E-state index contributed by atoms with van der Waals surface area (Å²) in [7, 11) is 3.58. The van der Waals surface area contributed by atoms with Gasteiger partial charge in [0.1, 0.15) is 5.82 Å². The van der Waals surface area contributed by atoms with E-state index >= 15 is 0 Å². The molecule has 1 heterocycles. The van der Waals surface area contributed by atoms with Crippen LogP contribution in [0, 0.1) is 0 Å². The van der Waals surface area contributed by atoms with Crippen molar-refractivity contribution in [1.29, 1.82) is 0 Å². The van der Waals surface area contributed by atoms with Gasteiger partial charge in [-0.15, -0.1) is 0 Å². The number of benzene rings is 1. The number of hydrogen-bond donors (Lipinski definition) is 1. The standard InChI is InChI=1S/C14H19N3O2/c1-4-19-12-6-5-10(7-13(12)18-3)14-16-9-11(8-15)17(14)2/h5-7,9H,4,8,15H2,1-3H3. The average Bonchev–Trinajstić information content (AvgIpc) is 2.80. The van der Waals surface area contributed by atoms with Gasteiger partial charge in [0.05, 0.1) is 25.6 Å². The van der Waals surface area contributed by atoms with Gasteiger partial charge in [0.2, 0.25) is 0 Å². The highest BCUT2D eigenvalue weighted by Gasteiger charge is 2.11. The van der Waals surface area contributed by atoms with Crippen molar-refractivity contribution in [3.8, 4) is 22.9 Å². The van der Waals surface area contributed by atoms with Gasteiger partial charge in [-0.3, -0.25) is 0 Å². The molecule has 5 nitrogen and oxygen atoms in total. The molecule has 0 aliphatic heterocycles. The summed E-state index contributed by atoms with van der Waals surface area (Å²) in [5.41, 5.74) is 7.62. The number of nitrogens with zero attached hydrogens (tertiary/aromatic N) is 2. The third-order valence-electron chi connectivity index (χ3n) is 3.02. The summed E-state index contributed by atoms with van der Waals surface area (Å²) in [6, 6.07) is 5.79. The van der Waals surface area contributed by atoms with Crippen LogP contribution in [0.2, 0.25) is 0 Å². The molecule has 0 bridgehead atoms. The van der Waals surface area contributed by atoms with Crippen LogP contribution < -0.4 is 15.2 Å². The van der Waals surface area contributed by atoms with Crippen LogP contribution >= 0.6 is 0 Å². The second kappa shape index (κ2) is 5.75. The van der Waals surface area contributed by atoms with Crippen molar-refractivity contribution in [3.63, 3.8) is 0 Å². The monoisotopic (exact) mass is 261 g/mol. The zero-order chi connectivity index (χ0) is 13.8. The molecule has 0 aliphatic carbocycles. The Morgan fingerprint density at radius 2 is 2.11 bits per heavy atom. The molecule has 2 aromatic rings. The van der Waals surface area contributed by atoms with Gasteiger partial charge in [-0.05, 0) is 25.1 Å². The predicted octanol–water partition coefficient (Wildman–Crippen LogP) is 1.95. The molecular formula is C14H19N3O2. The van der Waals surface area contributed by atoms with Crippen molar-refractivity contribution in [2.24, 2.45) is 12.8 Å². The van der Waals surface area contributed by atoms with Gasteiger partial charge in [0.25, 0.3) is 0 Å². The Hall–Kier alpha value is -2.01. The fourth-order valence-corrected chi connectivity index (χ4v) is 1.98. The number of ether oxygens (including phenoxy) is 2. The molecule has 0 radical (unpaired) electrons. The molecule has 0 saturated heterocycles. The van der Waals surface area contributed by atoms with E-state index in [0.29, 0.717) is 18.9 Å². The Balaban J connectivity index is 2.42. The minimum atomic E-state index is 0.470. The van der Waals surface area contributed by atoms with E-state index in [-0.39, 0.29) is 0 Å². The molecule has 2 rings (SSSR count). The van der Waals surface area contributed by atoms with Crippen molar-refractivity contribution in [2.75, 3.05) is 13.7 Å². The van der Waals surface area contributed by atoms with Crippen LogP contribution in [0.1, 0.15) is 12.6 Å². The van der Waals surface area contributed by atoms with Gasteiger partial charge in [-0.1, -0.05) is 0 Å². The predicted molar refractivity (Wildman–Crippen MR) is 74.3 cm³/mol. The smallest absolute Gasteiger partial charge is 0.161 e. The SMILES string of the molecule is CCOc1ccc(-c2ncc(CN)n2C)cc1OC. The molecule has 2 N–H and O–H groups in total. The number of hydrogen-bond acceptors (Lipinski definition) is 4. The van der Waals surface area contributed by atoms with Crippen molar-refractivity contribution < 1.29 is 9.47 Å². The Labute approximate surface area is 113 Å². The first-order valence-electron chi connectivity index (χ1n) is 6.23. The molecular weight excluding hydrogens is 242 g/mol. The third-order valence-corrected chi connectivity index (χ3v) is 3.02. The van der Waals surface area contributed by atoms with Crippen molar-refractivity contribution in [2.45, 2.75) is 13.5 Å². The Morgan fingerprint density at radius 3 is 2.68 bits per heavy atom. The topological polar surface area (TPSA) is 62.3 Å². The summed E-state index contributed by atoms with van der Waals surface area (Å²) in [5, 5.41) is 0. The maximum Gasteiger partial charge on any atom is 0.161 e. The first-order chi connectivity index (χ1) is 9.21. The summed E-state index contributed by atoms with van der Waals surface area (Å²) in [6.07, 6.45) is 1.79. The average molecular weight is 261 g/mol. The second-order valence-electron chi connectivity index (χ2n) is 4.13. The summed E-state index contributed by atoms with van der Waals surface area (Å²) in [5.74, 6) is 2.31. The van der Waals surface area contributed by atoms with Crippen LogP contribution in [0.5, 0.6) is 11.5 Å². The van der Waals surface area contributed by atoms with E-state index in [4.69, 9.17) is 15.2 Å². The van der Waals surface area contributed by atoms with Gasteiger partial charge < -0.3 is 19.8 Å². The highest BCUT2D eigenvalue weighted by molar-refractivity contribution is 5.62. The number of rotatable bonds is 5. The lowest BCUT2D eigenvalue weighted by Gasteiger charge is -2.11. The molecule has 0 saturated carbocycles. The van der Waals surface area contributed by atoms with E-state index in [1.54, 1.807) is 13.3 Å². The summed E-state index contributed by atoms with van der Waals surface area (Å²) in [4.78, 5) is 4.39. The third kappa shape index (κ3) is 2.56. The van der Waals surface area contributed by atoms with Gasteiger partial charge >= 0.3 is 0 Å². The van der Waals surface area contributed by atoms with Crippen LogP contribution in [-0.4, -0.2) is 23.3 Å². The normalized spacial score (nSPS) is 10.5. The number of aromatic nitrogens is 2. The molecule has 1 aromatic carbocycles. The molecule has 19 heavy (non-hydrogen) atoms. The Kier molecular flexibility index (Phi) is 4.06.